The van der Waals surface area contributed by atoms with Crippen LogP contribution in [0.1, 0.15) is 11.1 Å². The van der Waals surface area contributed by atoms with E-state index in [9.17, 15) is 0 Å². The fourth-order valence-electron chi connectivity index (χ4n) is 3.28. The molecule has 0 aliphatic rings. The molecule has 4 aromatic carbocycles. The lowest BCUT2D eigenvalue weighted by molar-refractivity contribution is 0.306. The number of anilines is 3. The molecule has 0 atom stereocenters. The van der Waals surface area contributed by atoms with Crippen LogP contribution in [0.2, 0.25) is 5.02 Å². The maximum absolute atomic E-state index is 6.09. The van der Waals surface area contributed by atoms with Gasteiger partial charge in [0.15, 0.2) is 0 Å². The summed E-state index contributed by atoms with van der Waals surface area (Å²) in [5.41, 5.74) is 5.37. The van der Waals surface area contributed by atoms with Gasteiger partial charge in [-0.2, -0.15) is 0 Å². The normalized spacial score (nSPS) is 10.4. The van der Waals surface area contributed by atoms with Crippen LogP contribution in [-0.2, 0) is 6.61 Å². The van der Waals surface area contributed by atoms with Crippen molar-refractivity contribution in [3.8, 4) is 5.75 Å². The van der Waals surface area contributed by atoms with Crippen LogP contribution in [-0.4, -0.2) is 0 Å². The molecule has 0 amide bonds. The molecular formula is C27H22ClNO. The summed E-state index contributed by atoms with van der Waals surface area (Å²) in [7, 11) is 0. The number of hydrogen-bond donors (Lipinski definition) is 0. The van der Waals surface area contributed by atoms with Gasteiger partial charge in [0.1, 0.15) is 12.4 Å². The first-order valence-corrected chi connectivity index (χ1v) is 10.2. The van der Waals surface area contributed by atoms with E-state index in [1.807, 2.05) is 72.8 Å². The Hall–Kier alpha value is -3.49. The van der Waals surface area contributed by atoms with Gasteiger partial charge in [0.05, 0.1) is 0 Å². The molecule has 0 aromatic heterocycles. The molecule has 0 saturated carbocycles. The van der Waals surface area contributed by atoms with E-state index in [-0.39, 0.29) is 0 Å². The summed E-state index contributed by atoms with van der Waals surface area (Å²) < 4.78 is 5.98. The van der Waals surface area contributed by atoms with Crippen molar-refractivity contribution in [2.75, 3.05) is 4.90 Å². The van der Waals surface area contributed by atoms with Crippen molar-refractivity contribution in [2.45, 2.75) is 6.61 Å². The minimum absolute atomic E-state index is 0.514. The largest absolute Gasteiger partial charge is 0.489 e. The number of para-hydroxylation sites is 1. The van der Waals surface area contributed by atoms with Crippen molar-refractivity contribution >= 4 is 34.7 Å². The van der Waals surface area contributed by atoms with E-state index in [1.165, 1.54) is 0 Å². The van der Waals surface area contributed by atoms with Gasteiger partial charge in [-0.25, -0.2) is 0 Å². The van der Waals surface area contributed by atoms with E-state index in [0.29, 0.717) is 6.61 Å². The van der Waals surface area contributed by atoms with Crippen LogP contribution in [0, 0.1) is 0 Å². The molecule has 0 spiro atoms. The third-order valence-corrected chi connectivity index (χ3v) is 5.04. The predicted molar refractivity (Wildman–Crippen MR) is 127 cm³/mol. The molecule has 0 fully saturated rings. The van der Waals surface area contributed by atoms with Gasteiger partial charge in [-0.05, 0) is 77.9 Å². The first kappa shape index (κ1) is 19.8. The van der Waals surface area contributed by atoms with Gasteiger partial charge in [-0.1, -0.05) is 60.7 Å². The summed E-state index contributed by atoms with van der Waals surface area (Å²) in [5.74, 6) is 0.826. The highest BCUT2D eigenvalue weighted by Crippen LogP contribution is 2.35. The van der Waals surface area contributed by atoms with E-state index in [2.05, 4.69) is 47.9 Å². The average Bonchev–Trinajstić information content (AvgIpc) is 2.81. The first-order valence-electron chi connectivity index (χ1n) is 9.78. The Morgan fingerprint density at radius 3 is 2.03 bits per heavy atom. The molecular weight excluding hydrogens is 390 g/mol. The number of rotatable bonds is 7. The SMILES string of the molecule is C=Cc1cccc(COc2ccc(N(c3ccccc3)c3ccc(Cl)cc3)cc2)c1. The van der Waals surface area contributed by atoms with Crippen LogP contribution in [0.5, 0.6) is 5.75 Å². The second kappa shape index (κ2) is 9.34. The lowest BCUT2D eigenvalue weighted by Crippen LogP contribution is -2.09. The summed E-state index contributed by atoms with van der Waals surface area (Å²) >= 11 is 6.09. The van der Waals surface area contributed by atoms with Crippen LogP contribution < -0.4 is 9.64 Å². The highest BCUT2D eigenvalue weighted by atomic mass is 35.5. The van der Waals surface area contributed by atoms with E-state index in [0.717, 1.165) is 39.0 Å². The van der Waals surface area contributed by atoms with Gasteiger partial charge >= 0.3 is 0 Å². The second-order valence-electron chi connectivity index (χ2n) is 6.88. The molecule has 30 heavy (non-hydrogen) atoms. The van der Waals surface area contributed by atoms with E-state index in [1.54, 1.807) is 0 Å². The van der Waals surface area contributed by atoms with Crippen molar-refractivity contribution in [2.24, 2.45) is 0 Å². The lowest BCUT2D eigenvalue weighted by atomic mass is 10.1. The fourth-order valence-corrected chi connectivity index (χ4v) is 3.41. The summed E-state index contributed by atoms with van der Waals surface area (Å²) in [6, 6.07) is 34.4. The van der Waals surface area contributed by atoms with E-state index in [4.69, 9.17) is 16.3 Å². The summed E-state index contributed by atoms with van der Waals surface area (Å²) in [6.45, 7) is 4.33. The van der Waals surface area contributed by atoms with Crippen LogP contribution >= 0.6 is 11.6 Å². The van der Waals surface area contributed by atoms with Gasteiger partial charge < -0.3 is 9.64 Å². The second-order valence-corrected chi connectivity index (χ2v) is 7.32. The number of nitrogens with zero attached hydrogens (tertiary/aromatic N) is 1. The lowest BCUT2D eigenvalue weighted by Gasteiger charge is -2.25. The minimum atomic E-state index is 0.514. The number of halogens is 1. The zero-order chi connectivity index (χ0) is 20.8. The van der Waals surface area contributed by atoms with Crippen molar-refractivity contribution < 1.29 is 4.74 Å². The van der Waals surface area contributed by atoms with Crippen LogP contribution in [0.15, 0.2) is 110 Å². The van der Waals surface area contributed by atoms with Crippen molar-refractivity contribution in [1.29, 1.82) is 0 Å². The quantitative estimate of drug-likeness (QED) is 0.305. The fraction of sp³-hybridized carbons (Fsp3) is 0.0370. The molecule has 0 heterocycles. The Balaban J connectivity index is 1.56. The summed E-state index contributed by atoms with van der Waals surface area (Å²) in [4.78, 5) is 2.19. The minimum Gasteiger partial charge on any atom is -0.489 e. The van der Waals surface area contributed by atoms with Gasteiger partial charge in [0, 0.05) is 22.1 Å². The molecule has 2 nitrogen and oxygen atoms in total. The molecule has 0 unspecified atom stereocenters. The number of benzene rings is 4. The Labute approximate surface area is 182 Å². The third-order valence-electron chi connectivity index (χ3n) is 4.79. The summed E-state index contributed by atoms with van der Waals surface area (Å²) in [5, 5.41) is 0.719. The Morgan fingerprint density at radius 2 is 1.37 bits per heavy atom. The first-order chi connectivity index (χ1) is 14.7. The van der Waals surface area contributed by atoms with E-state index < -0.39 is 0 Å². The van der Waals surface area contributed by atoms with Crippen LogP contribution in [0.3, 0.4) is 0 Å². The number of ether oxygens (including phenoxy) is 1. The Morgan fingerprint density at radius 1 is 0.733 bits per heavy atom. The third kappa shape index (κ3) is 4.73. The van der Waals surface area contributed by atoms with Gasteiger partial charge in [0.25, 0.3) is 0 Å². The highest BCUT2D eigenvalue weighted by Gasteiger charge is 2.12. The van der Waals surface area contributed by atoms with E-state index >= 15 is 0 Å². The van der Waals surface area contributed by atoms with Gasteiger partial charge in [-0.3, -0.25) is 0 Å². The Kier molecular flexibility index (Phi) is 6.17. The maximum Gasteiger partial charge on any atom is 0.119 e. The summed E-state index contributed by atoms with van der Waals surface area (Å²) in [6.07, 6.45) is 1.84. The molecule has 4 rings (SSSR count). The van der Waals surface area contributed by atoms with Crippen LogP contribution in [0.25, 0.3) is 6.08 Å². The average molecular weight is 412 g/mol. The molecule has 4 aromatic rings. The molecule has 3 heteroatoms. The van der Waals surface area contributed by atoms with Gasteiger partial charge in [0.2, 0.25) is 0 Å². The smallest absolute Gasteiger partial charge is 0.119 e. The molecule has 0 radical (unpaired) electrons. The molecule has 0 saturated heterocycles. The van der Waals surface area contributed by atoms with Crippen molar-refractivity contribution in [3.63, 3.8) is 0 Å². The zero-order valence-corrected chi connectivity index (χ0v) is 17.3. The Bertz CT molecular complexity index is 1110. The molecule has 148 valence electrons. The highest BCUT2D eigenvalue weighted by molar-refractivity contribution is 6.30. The predicted octanol–water partition coefficient (Wildman–Crippen LogP) is 8.03. The number of hydrogen-bond acceptors (Lipinski definition) is 2. The zero-order valence-electron chi connectivity index (χ0n) is 16.5. The molecule has 0 aliphatic heterocycles. The van der Waals surface area contributed by atoms with Crippen LogP contribution in [0.4, 0.5) is 17.1 Å². The maximum atomic E-state index is 6.09. The topological polar surface area (TPSA) is 12.5 Å². The van der Waals surface area contributed by atoms with Gasteiger partial charge in [-0.15, -0.1) is 0 Å². The molecule has 0 bridgehead atoms. The van der Waals surface area contributed by atoms with Crippen molar-refractivity contribution in [1.82, 2.24) is 0 Å². The monoisotopic (exact) mass is 411 g/mol. The van der Waals surface area contributed by atoms with Crippen molar-refractivity contribution in [3.05, 3.63) is 126 Å². The standard InChI is InChI=1S/C27H22ClNO/c1-2-21-7-6-8-22(19-21)20-30-27-17-15-26(16-18-27)29(24-9-4-3-5-10-24)25-13-11-23(28)12-14-25/h2-19H,1,20H2. The molecule has 0 aliphatic carbocycles. The molecule has 0 N–H and O–H groups in total.